The molecule has 2 aromatic rings. The third kappa shape index (κ3) is 2.44. The number of rotatable bonds is 3. The van der Waals surface area contributed by atoms with Crippen LogP contribution in [0.3, 0.4) is 0 Å². The van der Waals surface area contributed by atoms with Crippen molar-refractivity contribution in [3.8, 4) is 5.75 Å². The van der Waals surface area contributed by atoms with E-state index in [0.717, 1.165) is 19.3 Å². The lowest BCUT2D eigenvalue weighted by Gasteiger charge is -2.21. The number of hydrogen-bond donors (Lipinski definition) is 0. The van der Waals surface area contributed by atoms with Crippen molar-refractivity contribution in [2.24, 2.45) is 0 Å². The molecule has 1 aromatic heterocycles. The Morgan fingerprint density at radius 3 is 2.86 bits per heavy atom. The van der Waals surface area contributed by atoms with Gasteiger partial charge in [-0.2, -0.15) is 9.90 Å². The molecule has 1 aromatic carbocycles. The summed E-state index contributed by atoms with van der Waals surface area (Å²) in [6.45, 7) is 0.704. The third-order valence-corrected chi connectivity index (χ3v) is 3.55. The molecule has 0 N–H and O–H groups in total. The van der Waals surface area contributed by atoms with Crippen LogP contribution in [0.15, 0.2) is 12.1 Å². The van der Waals surface area contributed by atoms with Crippen molar-refractivity contribution in [3.63, 3.8) is 0 Å². The van der Waals surface area contributed by atoms with Crippen molar-refractivity contribution in [2.75, 3.05) is 20.8 Å². The second-order valence-electron chi connectivity index (χ2n) is 4.84. The van der Waals surface area contributed by atoms with E-state index in [-0.39, 0.29) is 6.23 Å². The fourth-order valence-corrected chi connectivity index (χ4v) is 2.48. The van der Waals surface area contributed by atoms with Gasteiger partial charge in [0, 0.05) is 6.61 Å². The predicted octanol–water partition coefficient (Wildman–Crippen LogP) is 1.93. The number of benzene rings is 1. The Morgan fingerprint density at radius 1 is 1.33 bits per heavy atom. The van der Waals surface area contributed by atoms with Gasteiger partial charge >= 0.3 is 5.97 Å². The van der Waals surface area contributed by atoms with Gasteiger partial charge < -0.3 is 14.2 Å². The molecule has 0 spiro atoms. The van der Waals surface area contributed by atoms with E-state index < -0.39 is 5.97 Å². The number of fused-ring (bicyclic) bond motifs is 1. The zero-order chi connectivity index (χ0) is 14.8. The molecule has 7 nitrogen and oxygen atoms in total. The van der Waals surface area contributed by atoms with E-state index in [1.54, 1.807) is 12.1 Å². The molecular weight excluding hydrogens is 274 g/mol. The molecular formula is C14H17N3O4. The molecule has 0 saturated carbocycles. The van der Waals surface area contributed by atoms with Gasteiger partial charge in [-0.3, -0.25) is 0 Å². The summed E-state index contributed by atoms with van der Waals surface area (Å²) >= 11 is 0. The summed E-state index contributed by atoms with van der Waals surface area (Å²) in [6.07, 6.45) is 2.82. The largest absolute Gasteiger partial charge is 0.496 e. The fraction of sp³-hybridized carbons (Fsp3) is 0.500. The topological polar surface area (TPSA) is 75.5 Å². The average Bonchev–Trinajstić information content (AvgIpc) is 2.98. The minimum Gasteiger partial charge on any atom is -0.496 e. The zero-order valence-corrected chi connectivity index (χ0v) is 12.0. The Morgan fingerprint density at radius 2 is 2.19 bits per heavy atom. The zero-order valence-electron chi connectivity index (χ0n) is 12.0. The van der Waals surface area contributed by atoms with E-state index in [4.69, 9.17) is 14.2 Å². The van der Waals surface area contributed by atoms with Crippen molar-refractivity contribution in [3.05, 3.63) is 17.7 Å². The van der Waals surface area contributed by atoms with Gasteiger partial charge in [-0.05, 0) is 31.4 Å². The average molecular weight is 291 g/mol. The number of ether oxygens (including phenoxy) is 3. The number of esters is 1. The molecule has 0 aliphatic carbocycles. The molecule has 7 heteroatoms. The molecule has 3 rings (SSSR count). The summed E-state index contributed by atoms with van der Waals surface area (Å²) in [5, 5.41) is 8.82. The molecule has 0 radical (unpaired) electrons. The van der Waals surface area contributed by atoms with Crippen LogP contribution in [-0.4, -0.2) is 41.8 Å². The van der Waals surface area contributed by atoms with Gasteiger partial charge in [-0.1, -0.05) is 0 Å². The fourth-order valence-electron chi connectivity index (χ4n) is 2.48. The van der Waals surface area contributed by atoms with Crippen LogP contribution in [0.4, 0.5) is 0 Å². The number of carbonyl (C=O) groups excluding carboxylic acids is 1. The predicted molar refractivity (Wildman–Crippen MR) is 74.3 cm³/mol. The standard InChI is InChI=1S/C14H17N3O4/c1-19-10-7-6-9-13(12(10)14(18)20-2)16-17(15-9)11-5-3-4-8-21-11/h6-7,11H,3-5,8H2,1-2H3. The Hall–Kier alpha value is -2.15. The number of methoxy groups -OCH3 is 2. The Bertz CT molecular complexity index is 662. The second kappa shape index (κ2) is 5.69. The molecule has 112 valence electrons. The van der Waals surface area contributed by atoms with E-state index in [1.807, 2.05) is 0 Å². The first kappa shape index (κ1) is 13.8. The normalized spacial score (nSPS) is 18.7. The van der Waals surface area contributed by atoms with Gasteiger partial charge in [0.25, 0.3) is 0 Å². The van der Waals surface area contributed by atoms with Crippen molar-refractivity contribution in [2.45, 2.75) is 25.5 Å². The van der Waals surface area contributed by atoms with Gasteiger partial charge in [0.1, 0.15) is 22.3 Å². The molecule has 0 bridgehead atoms. The lowest BCUT2D eigenvalue weighted by atomic mass is 10.1. The molecule has 21 heavy (non-hydrogen) atoms. The summed E-state index contributed by atoms with van der Waals surface area (Å²) in [5.74, 6) is -0.0694. The van der Waals surface area contributed by atoms with Crippen LogP contribution in [0.25, 0.3) is 11.0 Å². The number of aromatic nitrogens is 3. The molecule has 0 amide bonds. The second-order valence-corrected chi connectivity index (χ2v) is 4.84. The van der Waals surface area contributed by atoms with E-state index >= 15 is 0 Å². The van der Waals surface area contributed by atoms with Gasteiger partial charge in [0.2, 0.25) is 0 Å². The smallest absolute Gasteiger partial charge is 0.344 e. The highest BCUT2D eigenvalue weighted by Gasteiger charge is 2.23. The maximum Gasteiger partial charge on any atom is 0.344 e. The Balaban J connectivity index is 2.09. The monoisotopic (exact) mass is 291 g/mol. The molecule has 1 atom stereocenters. The lowest BCUT2D eigenvalue weighted by molar-refractivity contribution is -0.0474. The maximum atomic E-state index is 12.0. The third-order valence-electron chi connectivity index (χ3n) is 3.55. The van der Waals surface area contributed by atoms with Crippen molar-refractivity contribution in [1.82, 2.24) is 15.0 Å². The van der Waals surface area contributed by atoms with Crippen molar-refractivity contribution in [1.29, 1.82) is 0 Å². The highest BCUT2D eigenvalue weighted by Crippen LogP contribution is 2.28. The van der Waals surface area contributed by atoms with Crippen LogP contribution in [0.5, 0.6) is 5.75 Å². The minimum atomic E-state index is -0.492. The van der Waals surface area contributed by atoms with Crippen LogP contribution >= 0.6 is 0 Å². The first-order chi connectivity index (χ1) is 10.2. The summed E-state index contributed by atoms with van der Waals surface area (Å²) in [7, 11) is 2.83. The lowest BCUT2D eigenvalue weighted by Crippen LogP contribution is -2.20. The Kier molecular flexibility index (Phi) is 3.74. The van der Waals surface area contributed by atoms with Crippen LogP contribution in [-0.2, 0) is 9.47 Å². The molecule has 1 saturated heterocycles. The van der Waals surface area contributed by atoms with Gasteiger partial charge in [-0.15, -0.1) is 5.10 Å². The summed E-state index contributed by atoms with van der Waals surface area (Å²) in [4.78, 5) is 13.5. The number of carbonyl (C=O) groups is 1. The summed E-state index contributed by atoms with van der Waals surface area (Å²) < 4.78 is 15.7. The van der Waals surface area contributed by atoms with Crippen LogP contribution in [0.1, 0.15) is 35.8 Å². The number of hydrogen-bond acceptors (Lipinski definition) is 6. The molecule has 1 aliphatic heterocycles. The van der Waals surface area contributed by atoms with E-state index in [1.165, 1.54) is 19.0 Å². The molecule has 2 heterocycles. The SMILES string of the molecule is COC(=O)c1c(OC)ccc2nn(C3CCCCO3)nc12. The molecule has 1 aliphatic rings. The summed E-state index contributed by atoms with van der Waals surface area (Å²) in [6, 6.07) is 3.46. The van der Waals surface area contributed by atoms with Gasteiger partial charge in [0.05, 0.1) is 14.2 Å². The maximum absolute atomic E-state index is 12.0. The van der Waals surface area contributed by atoms with Crippen molar-refractivity contribution < 1.29 is 19.0 Å². The molecule has 1 fully saturated rings. The molecule has 1 unspecified atom stereocenters. The quantitative estimate of drug-likeness (QED) is 0.804. The van der Waals surface area contributed by atoms with Crippen LogP contribution in [0.2, 0.25) is 0 Å². The Labute approximate surface area is 121 Å². The van der Waals surface area contributed by atoms with Crippen LogP contribution in [0, 0.1) is 0 Å². The van der Waals surface area contributed by atoms with Gasteiger partial charge in [-0.25, -0.2) is 4.79 Å². The van der Waals surface area contributed by atoms with E-state index in [2.05, 4.69) is 10.2 Å². The number of nitrogens with zero attached hydrogens (tertiary/aromatic N) is 3. The van der Waals surface area contributed by atoms with E-state index in [0.29, 0.717) is 29.0 Å². The highest BCUT2D eigenvalue weighted by molar-refractivity contribution is 6.04. The first-order valence-electron chi connectivity index (χ1n) is 6.88. The van der Waals surface area contributed by atoms with E-state index in [9.17, 15) is 4.79 Å². The minimum absolute atomic E-state index is 0.178. The first-order valence-corrected chi connectivity index (χ1v) is 6.88. The van der Waals surface area contributed by atoms with Crippen molar-refractivity contribution >= 4 is 17.0 Å². The summed E-state index contributed by atoms with van der Waals surface area (Å²) in [5.41, 5.74) is 1.38. The van der Waals surface area contributed by atoms with Gasteiger partial charge in [0.15, 0.2) is 6.23 Å². The van der Waals surface area contributed by atoms with Crippen LogP contribution < -0.4 is 4.74 Å². The highest BCUT2D eigenvalue weighted by atomic mass is 16.5.